The largest absolute Gasteiger partial charge is 0.327 e. The summed E-state index contributed by atoms with van der Waals surface area (Å²) in [4.78, 5) is 0.414. The Hall–Kier alpha value is -1.13. The molecule has 0 spiro atoms. The van der Waals surface area contributed by atoms with Crippen molar-refractivity contribution in [2.75, 3.05) is 12.3 Å². The highest BCUT2D eigenvalue weighted by molar-refractivity contribution is 7.91. The van der Waals surface area contributed by atoms with Crippen LogP contribution in [0.25, 0.3) is 6.08 Å². The van der Waals surface area contributed by atoms with Gasteiger partial charge in [0.05, 0.1) is 10.6 Å². The monoisotopic (exact) mass is 209 g/mol. The third kappa shape index (κ3) is 1.47. The Balaban J connectivity index is 2.67. The highest BCUT2D eigenvalue weighted by Gasteiger charge is 2.23. The summed E-state index contributed by atoms with van der Waals surface area (Å²) in [5, 5.41) is 0. The standard InChI is InChI=1S/C10H11NO2S/c11-6-8-5-9-3-1-2-4-10(9)14(12,13)7-8/h1-5H,6-7,11H2. The molecule has 0 atom stereocenters. The summed E-state index contributed by atoms with van der Waals surface area (Å²) in [5.74, 6) is 0.0561. The summed E-state index contributed by atoms with van der Waals surface area (Å²) < 4.78 is 23.5. The van der Waals surface area contributed by atoms with Gasteiger partial charge in [0.25, 0.3) is 0 Å². The van der Waals surface area contributed by atoms with E-state index in [2.05, 4.69) is 0 Å². The van der Waals surface area contributed by atoms with Crippen LogP contribution in [0.3, 0.4) is 0 Å². The van der Waals surface area contributed by atoms with Crippen LogP contribution in [0.4, 0.5) is 0 Å². The first-order chi connectivity index (χ1) is 6.63. The molecule has 0 unspecified atom stereocenters. The summed E-state index contributed by atoms with van der Waals surface area (Å²) in [5.41, 5.74) is 6.97. The van der Waals surface area contributed by atoms with Gasteiger partial charge in [0.15, 0.2) is 9.84 Å². The van der Waals surface area contributed by atoms with Gasteiger partial charge in [-0.15, -0.1) is 0 Å². The van der Waals surface area contributed by atoms with Gasteiger partial charge in [0.1, 0.15) is 0 Å². The zero-order chi connectivity index (χ0) is 10.2. The highest BCUT2D eigenvalue weighted by atomic mass is 32.2. The van der Waals surface area contributed by atoms with Crippen LogP contribution in [-0.2, 0) is 9.84 Å². The van der Waals surface area contributed by atoms with E-state index in [1.807, 2.05) is 12.1 Å². The molecule has 0 aliphatic carbocycles. The van der Waals surface area contributed by atoms with Crippen molar-refractivity contribution < 1.29 is 8.42 Å². The number of hydrogen-bond donors (Lipinski definition) is 1. The van der Waals surface area contributed by atoms with Crippen LogP contribution in [-0.4, -0.2) is 20.7 Å². The van der Waals surface area contributed by atoms with E-state index < -0.39 is 9.84 Å². The minimum Gasteiger partial charge on any atom is -0.327 e. The molecule has 4 heteroatoms. The number of nitrogens with two attached hydrogens (primary N) is 1. The number of rotatable bonds is 1. The van der Waals surface area contributed by atoms with Crippen molar-refractivity contribution >= 4 is 15.9 Å². The third-order valence-corrected chi connectivity index (χ3v) is 4.04. The first-order valence-corrected chi connectivity index (χ1v) is 6.00. The summed E-state index contributed by atoms with van der Waals surface area (Å²) in [6.07, 6.45) is 1.86. The van der Waals surface area contributed by atoms with Crippen molar-refractivity contribution in [2.24, 2.45) is 5.73 Å². The molecule has 1 aliphatic heterocycles. The zero-order valence-corrected chi connectivity index (χ0v) is 8.42. The van der Waals surface area contributed by atoms with E-state index in [1.54, 1.807) is 18.2 Å². The predicted molar refractivity (Wildman–Crippen MR) is 55.5 cm³/mol. The lowest BCUT2D eigenvalue weighted by Gasteiger charge is -2.15. The molecule has 2 rings (SSSR count). The Kier molecular flexibility index (Phi) is 2.17. The van der Waals surface area contributed by atoms with E-state index in [9.17, 15) is 8.42 Å². The fraction of sp³-hybridized carbons (Fsp3) is 0.200. The van der Waals surface area contributed by atoms with Gasteiger partial charge in [0.2, 0.25) is 0 Å². The molecule has 74 valence electrons. The summed E-state index contributed by atoms with van der Waals surface area (Å²) in [6.45, 7) is 0.299. The maximum Gasteiger partial charge on any atom is 0.182 e. The van der Waals surface area contributed by atoms with Crippen LogP contribution in [0.5, 0.6) is 0 Å². The molecular formula is C10H11NO2S. The van der Waals surface area contributed by atoms with Gasteiger partial charge in [-0.3, -0.25) is 0 Å². The summed E-state index contributed by atoms with van der Waals surface area (Å²) in [6, 6.07) is 6.98. The lowest BCUT2D eigenvalue weighted by atomic mass is 10.1. The Morgan fingerprint density at radius 1 is 1.29 bits per heavy atom. The number of fused-ring (bicyclic) bond motifs is 1. The maximum atomic E-state index is 11.7. The number of sulfone groups is 1. The molecule has 1 aromatic rings. The fourth-order valence-electron chi connectivity index (χ4n) is 1.58. The van der Waals surface area contributed by atoms with E-state index >= 15 is 0 Å². The van der Waals surface area contributed by atoms with Crippen LogP contribution in [0.1, 0.15) is 5.56 Å². The average Bonchev–Trinajstić information content (AvgIpc) is 2.17. The first kappa shape index (κ1) is 9.43. The molecule has 0 amide bonds. The lowest BCUT2D eigenvalue weighted by molar-refractivity contribution is 0.597. The van der Waals surface area contributed by atoms with E-state index in [1.165, 1.54) is 0 Å². The van der Waals surface area contributed by atoms with Crippen molar-refractivity contribution in [2.45, 2.75) is 4.90 Å². The van der Waals surface area contributed by atoms with Crippen molar-refractivity contribution in [3.8, 4) is 0 Å². The molecular weight excluding hydrogens is 198 g/mol. The molecule has 2 N–H and O–H groups in total. The molecule has 1 aliphatic rings. The molecule has 0 aromatic heterocycles. The fourth-order valence-corrected chi connectivity index (χ4v) is 3.20. The predicted octanol–water partition coefficient (Wildman–Crippen LogP) is 0.816. The molecule has 1 heterocycles. The zero-order valence-electron chi connectivity index (χ0n) is 7.60. The van der Waals surface area contributed by atoms with Crippen molar-refractivity contribution in [1.29, 1.82) is 0 Å². The van der Waals surface area contributed by atoms with Gasteiger partial charge < -0.3 is 5.73 Å². The normalized spacial score (nSPS) is 18.5. The van der Waals surface area contributed by atoms with E-state index in [4.69, 9.17) is 5.73 Å². The van der Waals surface area contributed by atoms with Crippen LogP contribution in [0.2, 0.25) is 0 Å². The third-order valence-electron chi connectivity index (χ3n) is 2.25. The second-order valence-corrected chi connectivity index (χ2v) is 5.26. The minimum atomic E-state index is -3.15. The van der Waals surface area contributed by atoms with Gasteiger partial charge in [0, 0.05) is 6.54 Å². The van der Waals surface area contributed by atoms with E-state index in [0.717, 1.165) is 11.1 Å². The highest BCUT2D eigenvalue weighted by Crippen LogP contribution is 2.25. The van der Waals surface area contributed by atoms with Crippen LogP contribution < -0.4 is 5.73 Å². The second kappa shape index (κ2) is 3.22. The topological polar surface area (TPSA) is 60.2 Å². The Morgan fingerprint density at radius 3 is 2.71 bits per heavy atom. The molecule has 1 aromatic carbocycles. The number of benzene rings is 1. The molecule has 0 bridgehead atoms. The van der Waals surface area contributed by atoms with Crippen LogP contribution in [0.15, 0.2) is 34.7 Å². The number of hydrogen-bond acceptors (Lipinski definition) is 3. The molecule has 0 fully saturated rings. The first-order valence-electron chi connectivity index (χ1n) is 4.35. The van der Waals surface area contributed by atoms with Gasteiger partial charge in [-0.05, 0) is 17.2 Å². The Labute approximate surface area is 83.2 Å². The van der Waals surface area contributed by atoms with Crippen molar-refractivity contribution in [1.82, 2.24) is 0 Å². The van der Waals surface area contributed by atoms with E-state index in [0.29, 0.717) is 11.4 Å². The Morgan fingerprint density at radius 2 is 2.00 bits per heavy atom. The smallest absolute Gasteiger partial charge is 0.182 e. The second-order valence-electron chi connectivity index (χ2n) is 3.30. The van der Waals surface area contributed by atoms with Crippen LogP contribution in [0, 0.1) is 0 Å². The van der Waals surface area contributed by atoms with Gasteiger partial charge >= 0.3 is 0 Å². The molecule has 0 radical (unpaired) electrons. The maximum absolute atomic E-state index is 11.7. The van der Waals surface area contributed by atoms with Crippen LogP contribution >= 0.6 is 0 Å². The van der Waals surface area contributed by atoms with Gasteiger partial charge in [-0.25, -0.2) is 8.42 Å². The Bertz CT molecular complexity index is 489. The molecule has 0 saturated heterocycles. The SMILES string of the molecule is NCC1=Cc2ccccc2S(=O)(=O)C1. The summed E-state index contributed by atoms with van der Waals surface area (Å²) >= 11 is 0. The molecule has 3 nitrogen and oxygen atoms in total. The minimum absolute atomic E-state index is 0.0561. The lowest BCUT2D eigenvalue weighted by Crippen LogP contribution is -2.19. The molecule has 0 saturated carbocycles. The summed E-state index contributed by atoms with van der Waals surface area (Å²) in [7, 11) is -3.15. The quantitative estimate of drug-likeness (QED) is 0.744. The average molecular weight is 209 g/mol. The van der Waals surface area contributed by atoms with Crippen molar-refractivity contribution in [3.05, 3.63) is 35.4 Å². The van der Waals surface area contributed by atoms with Crippen molar-refractivity contribution in [3.63, 3.8) is 0 Å². The van der Waals surface area contributed by atoms with Gasteiger partial charge in [-0.2, -0.15) is 0 Å². The van der Waals surface area contributed by atoms with E-state index in [-0.39, 0.29) is 5.75 Å². The van der Waals surface area contributed by atoms with Gasteiger partial charge in [-0.1, -0.05) is 24.3 Å². The molecule has 14 heavy (non-hydrogen) atoms.